The maximum Gasteiger partial charge on any atom is 0.241 e. The number of hydrogen-bond acceptors (Lipinski definition) is 3. The third kappa shape index (κ3) is 8.29. The van der Waals surface area contributed by atoms with Gasteiger partial charge in [-0.1, -0.05) is 18.2 Å². The van der Waals surface area contributed by atoms with Gasteiger partial charge in [-0.25, -0.2) is 18.1 Å². The molecule has 0 fully saturated rings. The Morgan fingerprint density at radius 3 is 2.12 bits per heavy atom. The van der Waals surface area contributed by atoms with Crippen molar-refractivity contribution >= 4 is 40.0 Å². The standard InChI is InChI=1S/C16H28N4O2S.HI/c1-15(2,3)19-14(17)18-11-12-9-7-8-10-13(12)23(21,22)20-16(4,5)6;/h7-10,20H,11H2,1-6H3,(H3,17,18,19);1H. The molecule has 0 heterocycles. The van der Waals surface area contributed by atoms with Crippen LogP contribution in [0.15, 0.2) is 34.2 Å². The average Bonchev–Trinajstić information content (AvgIpc) is 2.31. The Morgan fingerprint density at radius 2 is 1.62 bits per heavy atom. The molecule has 0 aliphatic rings. The number of hydrogen-bond donors (Lipinski definition) is 3. The van der Waals surface area contributed by atoms with Crippen LogP contribution in [0.2, 0.25) is 0 Å². The van der Waals surface area contributed by atoms with Crippen molar-refractivity contribution in [3.05, 3.63) is 29.8 Å². The summed E-state index contributed by atoms with van der Waals surface area (Å²) in [5.74, 6) is 0.286. The summed E-state index contributed by atoms with van der Waals surface area (Å²) in [5, 5.41) is 3.05. The first-order valence-electron chi connectivity index (χ1n) is 7.50. The number of sulfonamides is 1. The number of nitrogens with two attached hydrogens (primary N) is 1. The third-order valence-corrected chi connectivity index (χ3v) is 4.48. The van der Waals surface area contributed by atoms with Gasteiger partial charge in [-0.15, -0.1) is 24.0 Å². The zero-order valence-corrected chi connectivity index (χ0v) is 18.3. The van der Waals surface area contributed by atoms with Gasteiger partial charge in [0.25, 0.3) is 0 Å². The highest BCUT2D eigenvalue weighted by molar-refractivity contribution is 14.0. The van der Waals surface area contributed by atoms with Crippen molar-refractivity contribution in [2.75, 3.05) is 0 Å². The van der Waals surface area contributed by atoms with E-state index in [9.17, 15) is 8.42 Å². The van der Waals surface area contributed by atoms with E-state index < -0.39 is 15.6 Å². The van der Waals surface area contributed by atoms with E-state index in [0.717, 1.165) is 0 Å². The molecule has 1 rings (SSSR count). The van der Waals surface area contributed by atoms with Gasteiger partial charge >= 0.3 is 0 Å². The summed E-state index contributed by atoms with van der Waals surface area (Å²) in [4.78, 5) is 4.47. The van der Waals surface area contributed by atoms with Crippen LogP contribution in [-0.2, 0) is 16.6 Å². The van der Waals surface area contributed by atoms with Crippen molar-refractivity contribution in [2.24, 2.45) is 10.7 Å². The van der Waals surface area contributed by atoms with E-state index >= 15 is 0 Å². The van der Waals surface area contributed by atoms with Gasteiger partial charge in [0.2, 0.25) is 10.0 Å². The minimum Gasteiger partial charge on any atom is -0.370 e. The largest absolute Gasteiger partial charge is 0.370 e. The Balaban J connectivity index is 0.00000529. The first-order valence-corrected chi connectivity index (χ1v) is 8.98. The highest BCUT2D eigenvalue weighted by atomic mass is 127. The number of benzene rings is 1. The predicted octanol–water partition coefficient (Wildman–Crippen LogP) is 2.58. The maximum absolute atomic E-state index is 12.5. The molecule has 1 aromatic carbocycles. The minimum absolute atomic E-state index is 0. The van der Waals surface area contributed by atoms with Gasteiger partial charge in [0.15, 0.2) is 5.96 Å². The fourth-order valence-corrected chi connectivity index (χ4v) is 3.60. The third-order valence-electron chi connectivity index (χ3n) is 2.63. The van der Waals surface area contributed by atoms with Gasteiger partial charge in [-0.2, -0.15) is 0 Å². The summed E-state index contributed by atoms with van der Waals surface area (Å²) in [6.45, 7) is 11.5. The van der Waals surface area contributed by atoms with Crippen molar-refractivity contribution < 1.29 is 8.42 Å². The van der Waals surface area contributed by atoms with E-state index in [0.29, 0.717) is 5.56 Å². The number of aliphatic imine (C=N–C) groups is 1. The number of nitrogens with one attached hydrogen (secondary N) is 2. The Hall–Kier alpha value is -0.870. The molecule has 0 amide bonds. The van der Waals surface area contributed by atoms with Gasteiger partial charge in [0.1, 0.15) is 0 Å². The molecule has 0 aliphatic carbocycles. The summed E-state index contributed by atoms with van der Waals surface area (Å²) >= 11 is 0. The van der Waals surface area contributed by atoms with Crippen LogP contribution in [-0.4, -0.2) is 25.5 Å². The van der Waals surface area contributed by atoms with Crippen molar-refractivity contribution in [3.8, 4) is 0 Å². The Labute approximate surface area is 162 Å². The molecule has 4 N–H and O–H groups in total. The first kappa shape index (κ1) is 23.1. The molecule has 0 bridgehead atoms. The van der Waals surface area contributed by atoms with E-state index in [1.165, 1.54) is 0 Å². The Morgan fingerprint density at radius 1 is 1.08 bits per heavy atom. The molecule has 0 aromatic heterocycles. The van der Waals surface area contributed by atoms with Gasteiger partial charge in [0, 0.05) is 11.1 Å². The lowest BCUT2D eigenvalue weighted by atomic mass is 10.1. The highest BCUT2D eigenvalue weighted by Gasteiger charge is 2.24. The molecule has 24 heavy (non-hydrogen) atoms. The average molecular weight is 468 g/mol. The fraction of sp³-hybridized carbons (Fsp3) is 0.562. The number of halogens is 1. The van der Waals surface area contributed by atoms with Gasteiger partial charge < -0.3 is 11.1 Å². The van der Waals surface area contributed by atoms with Crippen molar-refractivity contribution in [1.29, 1.82) is 0 Å². The zero-order chi connectivity index (χ0) is 17.9. The molecule has 0 radical (unpaired) electrons. The van der Waals surface area contributed by atoms with Gasteiger partial charge in [0.05, 0.1) is 11.4 Å². The molecule has 0 aliphatic heterocycles. The Bertz CT molecular complexity index is 674. The molecular weight excluding hydrogens is 439 g/mol. The van der Waals surface area contributed by atoms with Crippen molar-refractivity contribution in [2.45, 2.75) is 64.1 Å². The molecule has 138 valence electrons. The maximum atomic E-state index is 12.5. The molecule has 0 atom stereocenters. The molecule has 0 spiro atoms. The van der Waals surface area contributed by atoms with Crippen LogP contribution in [0.3, 0.4) is 0 Å². The van der Waals surface area contributed by atoms with Gasteiger partial charge in [-0.05, 0) is 53.2 Å². The quantitative estimate of drug-likeness (QED) is 0.360. The Kier molecular flexibility index (Phi) is 8.17. The monoisotopic (exact) mass is 468 g/mol. The van der Waals surface area contributed by atoms with E-state index in [4.69, 9.17) is 5.73 Å². The second-order valence-electron chi connectivity index (χ2n) is 7.54. The van der Waals surface area contributed by atoms with Gasteiger partial charge in [-0.3, -0.25) is 0 Å². The van der Waals surface area contributed by atoms with E-state index in [2.05, 4.69) is 15.0 Å². The van der Waals surface area contributed by atoms with Crippen molar-refractivity contribution in [1.82, 2.24) is 10.0 Å². The smallest absolute Gasteiger partial charge is 0.241 e. The second kappa shape index (κ2) is 8.48. The molecule has 0 saturated heterocycles. The summed E-state index contributed by atoms with van der Waals surface area (Å²) < 4.78 is 27.7. The lowest BCUT2D eigenvalue weighted by molar-refractivity contribution is 0.490. The normalized spacial score (nSPS) is 13.3. The molecule has 1 aromatic rings. The fourth-order valence-electron chi connectivity index (χ4n) is 1.95. The molecule has 6 nitrogen and oxygen atoms in total. The lowest BCUT2D eigenvalue weighted by Gasteiger charge is -2.22. The summed E-state index contributed by atoms with van der Waals surface area (Å²) in [7, 11) is -3.61. The molecular formula is C16H29IN4O2S. The van der Waals surface area contributed by atoms with E-state index in [-0.39, 0.29) is 46.9 Å². The second-order valence-corrected chi connectivity index (χ2v) is 9.19. The topological polar surface area (TPSA) is 96.6 Å². The highest BCUT2D eigenvalue weighted by Crippen LogP contribution is 2.18. The van der Waals surface area contributed by atoms with E-state index in [1.54, 1.807) is 45.0 Å². The number of guanidine groups is 1. The van der Waals surface area contributed by atoms with Crippen LogP contribution in [0.1, 0.15) is 47.1 Å². The molecule has 8 heteroatoms. The predicted molar refractivity (Wildman–Crippen MR) is 110 cm³/mol. The van der Waals surface area contributed by atoms with Crippen LogP contribution in [0, 0.1) is 0 Å². The molecule has 0 saturated carbocycles. The SMILES string of the molecule is CC(C)(C)NC(N)=NCc1ccccc1S(=O)(=O)NC(C)(C)C.I. The van der Waals surface area contributed by atoms with Crippen LogP contribution in [0.4, 0.5) is 0 Å². The van der Waals surface area contributed by atoms with Crippen LogP contribution in [0.25, 0.3) is 0 Å². The minimum atomic E-state index is -3.61. The van der Waals surface area contributed by atoms with Crippen LogP contribution < -0.4 is 15.8 Å². The number of rotatable bonds is 4. The summed E-state index contributed by atoms with van der Waals surface area (Å²) in [6.07, 6.45) is 0. The number of nitrogens with zero attached hydrogens (tertiary/aromatic N) is 1. The zero-order valence-electron chi connectivity index (χ0n) is 15.2. The van der Waals surface area contributed by atoms with Crippen LogP contribution >= 0.6 is 24.0 Å². The molecule has 0 unspecified atom stereocenters. The summed E-state index contributed by atoms with van der Waals surface area (Å²) in [6, 6.07) is 6.80. The van der Waals surface area contributed by atoms with Crippen LogP contribution in [0.5, 0.6) is 0 Å². The van der Waals surface area contributed by atoms with Crippen molar-refractivity contribution in [3.63, 3.8) is 0 Å². The van der Waals surface area contributed by atoms with E-state index in [1.807, 2.05) is 20.8 Å². The lowest BCUT2D eigenvalue weighted by Crippen LogP contribution is -2.45. The first-order chi connectivity index (χ1) is 10.3. The summed E-state index contributed by atoms with van der Waals surface area (Å²) in [5.41, 5.74) is 5.69.